The van der Waals surface area contributed by atoms with E-state index in [1.165, 1.54) is 0 Å². The van der Waals surface area contributed by atoms with Gasteiger partial charge in [0.25, 0.3) is 6.43 Å². The summed E-state index contributed by atoms with van der Waals surface area (Å²) in [6.07, 6.45) is -7.27. The van der Waals surface area contributed by atoms with E-state index >= 15 is 0 Å². The van der Waals surface area contributed by atoms with Gasteiger partial charge < -0.3 is 0 Å². The highest BCUT2D eigenvalue weighted by Crippen LogP contribution is 2.32. The molecule has 0 heterocycles. The Kier molecular flexibility index (Phi) is 3.74. The molecule has 20 heavy (non-hydrogen) atoms. The van der Waals surface area contributed by atoms with Crippen molar-refractivity contribution < 1.29 is 26.3 Å². The van der Waals surface area contributed by atoms with E-state index in [0.717, 1.165) is 42.5 Å². The largest absolute Gasteiger partial charge is 0.416 e. The van der Waals surface area contributed by atoms with Gasteiger partial charge in [-0.2, -0.15) is 13.2 Å². The Labute approximate surface area is 110 Å². The molecule has 0 nitrogen and oxygen atoms in total. The number of hydrogen-bond acceptors (Lipinski definition) is 0. The van der Waals surface area contributed by atoms with E-state index < -0.39 is 24.0 Å². The van der Waals surface area contributed by atoms with Gasteiger partial charge >= 0.3 is 6.18 Å². The zero-order chi connectivity index (χ0) is 14.9. The fourth-order valence-corrected chi connectivity index (χ4v) is 1.74. The van der Waals surface area contributed by atoms with Crippen LogP contribution in [0.1, 0.15) is 17.6 Å². The summed E-state index contributed by atoms with van der Waals surface area (Å²) in [4.78, 5) is 0. The molecule has 0 aliphatic carbocycles. The van der Waals surface area contributed by atoms with Gasteiger partial charge in [0.2, 0.25) is 0 Å². The first-order chi connectivity index (χ1) is 9.29. The van der Waals surface area contributed by atoms with E-state index in [2.05, 4.69) is 0 Å². The molecule has 2 rings (SSSR count). The van der Waals surface area contributed by atoms with Crippen LogP contribution in [0.15, 0.2) is 42.5 Å². The number of hydrogen-bond donors (Lipinski definition) is 0. The molecule has 0 aliphatic rings. The second-order valence-electron chi connectivity index (χ2n) is 4.12. The Morgan fingerprint density at radius 2 is 1.45 bits per heavy atom. The molecule has 0 bridgehead atoms. The van der Waals surface area contributed by atoms with Crippen molar-refractivity contribution in [3.63, 3.8) is 0 Å². The summed E-state index contributed by atoms with van der Waals surface area (Å²) >= 11 is 0. The van der Waals surface area contributed by atoms with Crippen molar-refractivity contribution in [1.82, 2.24) is 0 Å². The Morgan fingerprint density at radius 1 is 0.850 bits per heavy atom. The second kappa shape index (κ2) is 5.19. The van der Waals surface area contributed by atoms with Crippen LogP contribution in [0.5, 0.6) is 0 Å². The molecule has 0 radical (unpaired) electrons. The molecule has 6 heteroatoms. The number of benzene rings is 2. The first kappa shape index (κ1) is 14.4. The summed E-state index contributed by atoms with van der Waals surface area (Å²) < 4.78 is 75.9. The maximum absolute atomic E-state index is 13.6. The molecule has 2 aromatic rings. The molecular formula is C14H8F6. The van der Waals surface area contributed by atoms with Gasteiger partial charge in [0.15, 0.2) is 0 Å². The van der Waals surface area contributed by atoms with E-state index in [-0.39, 0.29) is 16.7 Å². The molecule has 0 spiro atoms. The van der Waals surface area contributed by atoms with Crippen molar-refractivity contribution in [2.45, 2.75) is 12.6 Å². The normalized spacial score (nSPS) is 11.9. The van der Waals surface area contributed by atoms with Crippen molar-refractivity contribution in [3.8, 4) is 11.1 Å². The van der Waals surface area contributed by atoms with Crippen LogP contribution < -0.4 is 0 Å². The number of alkyl halides is 5. The lowest BCUT2D eigenvalue weighted by Crippen LogP contribution is -2.04. The van der Waals surface area contributed by atoms with Crippen LogP contribution in [-0.2, 0) is 6.18 Å². The monoisotopic (exact) mass is 290 g/mol. The van der Waals surface area contributed by atoms with Crippen LogP contribution >= 0.6 is 0 Å². The lowest BCUT2D eigenvalue weighted by molar-refractivity contribution is -0.137. The highest BCUT2D eigenvalue weighted by Gasteiger charge is 2.30. The molecule has 0 atom stereocenters. The third-order valence-electron chi connectivity index (χ3n) is 2.77. The molecule has 0 unspecified atom stereocenters. The number of rotatable bonds is 2. The minimum Gasteiger partial charge on any atom is -0.206 e. The maximum Gasteiger partial charge on any atom is 0.416 e. The Morgan fingerprint density at radius 3 is 1.95 bits per heavy atom. The summed E-state index contributed by atoms with van der Waals surface area (Å²) in [5, 5.41) is 0. The van der Waals surface area contributed by atoms with Crippen molar-refractivity contribution in [2.75, 3.05) is 0 Å². The minimum atomic E-state index is -4.50. The fourth-order valence-electron chi connectivity index (χ4n) is 1.74. The minimum absolute atomic E-state index is 0.109. The Bertz CT molecular complexity index is 598. The van der Waals surface area contributed by atoms with Gasteiger partial charge in [0.1, 0.15) is 5.82 Å². The Balaban J connectivity index is 2.44. The van der Waals surface area contributed by atoms with E-state index in [0.29, 0.717) is 0 Å². The van der Waals surface area contributed by atoms with Gasteiger partial charge in [0, 0.05) is 11.1 Å². The molecule has 0 fully saturated rings. The first-order valence-corrected chi connectivity index (χ1v) is 5.54. The van der Waals surface area contributed by atoms with Crippen molar-refractivity contribution in [1.29, 1.82) is 0 Å². The SMILES string of the molecule is Fc1ccc(C(F)F)cc1-c1ccc(C(F)(F)F)cc1. The Hall–Kier alpha value is -1.98. The summed E-state index contributed by atoms with van der Waals surface area (Å²) in [7, 11) is 0. The van der Waals surface area contributed by atoms with E-state index in [1.54, 1.807) is 0 Å². The van der Waals surface area contributed by atoms with Crippen LogP contribution in [0.4, 0.5) is 26.3 Å². The standard InChI is InChI=1S/C14H8F6/c15-12-6-3-9(13(16)17)7-11(12)8-1-4-10(5-2-8)14(18,19)20/h1-7,13H. The van der Waals surface area contributed by atoms with E-state index in [9.17, 15) is 26.3 Å². The second-order valence-corrected chi connectivity index (χ2v) is 4.12. The number of halogens is 6. The van der Waals surface area contributed by atoms with Gasteiger partial charge in [-0.25, -0.2) is 13.2 Å². The molecule has 0 saturated heterocycles. The molecule has 2 aromatic carbocycles. The summed E-state index contributed by atoms with van der Waals surface area (Å²) in [5.74, 6) is -0.769. The van der Waals surface area contributed by atoms with Gasteiger partial charge in [0.05, 0.1) is 5.56 Å². The van der Waals surface area contributed by atoms with Crippen LogP contribution in [0, 0.1) is 5.82 Å². The quantitative estimate of drug-likeness (QED) is 0.645. The van der Waals surface area contributed by atoms with Gasteiger partial charge in [-0.15, -0.1) is 0 Å². The van der Waals surface area contributed by atoms with Gasteiger partial charge in [-0.05, 0) is 29.8 Å². The van der Waals surface area contributed by atoms with Crippen LogP contribution in [0.25, 0.3) is 11.1 Å². The third kappa shape index (κ3) is 2.95. The lowest BCUT2D eigenvalue weighted by atomic mass is 10.0. The van der Waals surface area contributed by atoms with Gasteiger partial charge in [-0.1, -0.05) is 18.2 Å². The smallest absolute Gasteiger partial charge is 0.206 e. The summed E-state index contributed by atoms with van der Waals surface area (Å²) in [6.45, 7) is 0. The summed E-state index contributed by atoms with van der Waals surface area (Å²) in [6, 6.07) is 6.41. The molecule has 0 amide bonds. The summed E-state index contributed by atoms with van der Waals surface area (Å²) in [5.41, 5.74) is -1.32. The molecule has 0 aromatic heterocycles. The molecular weight excluding hydrogens is 282 g/mol. The zero-order valence-electron chi connectivity index (χ0n) is 9.89. The van der Waals surface area contributed by atoms with Crippen molar-refractivity contribution >= 4 is 0 Å². The zero-order valence-corrected chi connectivity index (χ0v) is 9.89. The van der Waals surface area contributed by atoms with Crippen molar-refractivity contribution in [3.05, 3.63) is 59.4 Å². The molecule has 106 valence electrons. The topological polar surface area (TPSA) is 0 Å². The fraction of sp³-hybridized carbons (Fsp3) is 0.143. The van der Waals surface area contributed by atoms with E-state index in [1.807, 2.05) is 0 Å². The lowest BCUT2D eigenvalue weighted by Gasteiger charge is -2.09. The molecule has 0 saturated carbocycles. The highest BCUT2D eigenvalue weighted by molar-refractivity contribution is 5.65. The van der Waals surface area contributed by atoms with E-state index in [4.69, 9.17) is 0 Å². The molecule has 0 N–H and O–H groups in total. The average molecular weight is 290 g/mol. The predicted molar refractivity (Wildman–Crippen MR) is 61.8 cm³/mol. The van der Waals surface area contributed by atoms with Crippen LogP contribution in [0.2, 0.25) is 0 Å². The third-order valence-corrected chi connectivity index (χ3v) is 2.77. The first-order valence-electron chi connectivity index (χ1n) is 5.54. The van der Waals surface area contributed by atoms with Crippen molar-refractivity contribution in [2.24, 2.45) is 0 Å². The highest BCUT2D eigenvalue weighted by atomic mass is 19.4. The molecule has 0 aliphatic heterocycles. The maximum atomic E-state index is 13.6. The van der Waals surface area contributed by atoms with Gasteiger partial charge in [-0.3, -0.25) is 0 Å². The van der Waals surface area contributed by atoms with Crippen LogP contribution in [-0.4, -0.2) is 0 Å². The average Bonchev–Trinajstić information content (AvgIpc) is 2.38. The van der Waals surface area contributed by atoms with Crippen LogP contribution in [0.3, 0.4) is 0 Å². The predicted octanol–water partition coefficient (Wildman–Crippen LogP) is 5.45.